The van der Waals surface area contributed by atoms with Gasteiger partial charge in [-0.05, 0) is 24.1 Å². The molecule has 1 aromatic rings. The van der Waals surface area contributed by atoms with E-state index in [9.17, 15) is 5.11 Å². The SMILES string of the molecule is OC1=CCc2cccnc21. The van der Waals surface area contributed by atoms with Gasteiger partial charge in [-0.15, -0.1) is 0 Å². The molecule has 0 saturated carbocycles. The number of pyridine rings is 1. The predicted octanol–water partition coefficient (Wildman–Crippen LogP) is 1.54. The first-order valence-corrected chi connectivity index (χ1v) is 3.21. The first kappa shape index (κ1) is 5.47. The summed E-state index contributed by atoms with van der Waals surface area (Å²) in [4.78, 5) is 4.02. The highest BCUT2D eigenvalue weighted by Crippen LogP contribution is 2.21. The van der Waals surface area contributed by atoms with Gasteiger partial charge < -0.3 is 5.11 Å². The van der Waals surface area contributed by atoms with Crippen LogP contribution in [0.5, 0.6) is 0 Å². The summed E-state index contributed by atoms with van der Waals surface area (Å²) in [7, 11) is 0. The average molecular weight is 133 g/mol. The molecule has 0 radical (unpaired) electrons. The van der Waals surface area contributed by atoms with Crippen LogP contribution < -0.4 is 0 Å². The average Bonchev–Trinajstić information content (AvgIpc) is 2.34. The molecule has 0 aromatic carbocycles. The van der Waals surface area contributed by atoms with Crippen molar-refractivity contribution in [3.05, 3.63) is 35.7 Å². The zero-order valence-electron chi connectivity index (χ0n) is 5.41. The first-order valence-electron chi connectivity index (χ1n) is 3.21. The van der Waals surface area contributed by atoms with Gasteiger partial charge in [-0.3, -0.25) is 4.98 Å². The molecule has 2 nitrogen and oxygen atoms in total. The fourth-order valence-electron chi connectivity index (χ4n) is 1.14. The van der Waals surface area contributed by atoms with Crippen molar-refractivity contribution in [2.75, 3.05) is 0 Å². The molecule has 0 bridgehead atoms. The van der Waals surface area contributed by atoms with Gasteiger partial charge in [0.05, 0.1) is 0 Å². The summed E-state index contributed by atoms with van der Waals surface area (Å²) in [6, 6.07) is 3.85. The van der Waals surface area contributed by atoms with Crippen LogP contribution in [0.25, 0.3) is 5.76 Å². The fourth-order valence-corrected chi connectivity index (χ4v) is 1.14. The largest absolute Gasteiger partial charge is 0.506 e. The van der Waals surface area contributed by atoms with Crippen molar-refractivity contribution in [2.45, 2.75) is 6.42 Å². The van der Waals surface area contributed by atoms with Gasteiger partial charge in [0.25, 0.3) is 0 Å². The molecule has 0 saturated heterocycles. The zero-order valence-corrected chi connectivity index (χ0v) is 5.41. The standard InChI is InChI=1S/C8H7NO/c10-7-4-3-6-2-1-5-9-8(6)7/h1-2,4-5,10H,3H2. The van der Waals surface area contributed by atoms with E-state index in [1.54, 1.807) is 12.3 Å². The minimum absolute atomic E-state index is 0.315. The van der Waals surface area contributed by atoms with Crippen LogP contribution in [-0.4, -0.2) is 10.1 Å². The second kappa shape index (κ2) is 1.84. The van der Waals surface area contributed by atoms with Gasteiger partial charge in [0.1, 0.15) is 11.5 Å². The number of rotatable bonds is 0. The Kier molecular flexibility index (Phi) is 1.01. The molecule has 0 unspecified atom stereocenters. The van der Waals surface area contributed by atoms with Gasteiger partial charge in [0.15, 0.2) is 0 Å². The summed E-state index contributed by atoms with van der Waals surface area (Å²) in [5, 5.41) is 9.18. The minimum atomic E-state index is 0.315. The van der Waals surface area contributed by atoms with E-state index in [-0.39, 0.29) is 0 Å². The predicted molar refractivity (Wildman–Crippen MR) is 38.5 cm³/mol. The highest BCUT2D eigenvalue weighted by atomic mass is 16.3. The molecular weight excluding hydrogens is 126 g/mol. The van der Waals surface area contributed by atoms with Crippen LogP contribution >= 0.6 is 0 Å². The normalized spacial score (nSPS) is 14.6. The van der Waals surface area contributed by atoms with Crippen molar-refractivity contribution in [1.82, 2.24) is 4.98 Å². The van der Waals surface area contributed by atoms with E-state index in [4.69, 9.17) is 0 Å². The molecule has 0 fully saturated rings. The quantitative estimate of drug-likeness (QED) is 0.582. The maximum Gasteiger partial charge on any atom is 0.137 e. The Morgan fingerprint density at radius 1 is 1.50 bits per heavy atom. The van der Waals surface area contributed by atoms with E-state index >= 15 is 0 Å². The highest BCUT2D eigenvalue weighted by Gasteiger charge is 2.12. The Hall–Kier alpha value is -1.31. The Balaban J connectivity index is 2.61. The first-order chi connectivity index (χ1) is 4.88. The van der Waals surface area contributed by atoms with E-state index in [1.807, 2.05) is 12.1 Å². The van der Waals surface area contributed by atoms with E-state index in [2.05, 4.69) is 4.98 Å². The monoisotopic (exact) mass is 133 g/mol. The van der Waals surface area contributed by atoms with E-state index in [0.29, 0.717) is 5.76 Å². The number of hydrogen-bond acceptors (Lipinski definition) is 2. The molecule has 50 valence electrons. The molecule has 0 aliphatic heterocycles. The Labute approximate surface area is 58.8 Å². The third-order valence-corrected chi connectivity index (χ3v) is 1.65. The van der Waals surface area contributed by atoms with Crippen LogP contribution in [0.2, 0.25) is 0 Å². The zero-order chi connectivity index (χ0) is 6.97. The number of aromatic nitrogens is 1. The van der Waals surface area contributed by atoms with Crippen LogP contribution in [0.1, 0.15) is 11.3 Å². The van der Waals surface area contributed by atoms with Gasteiger partial charge >= 0.3 is 0 Å². The van der Waals surface area contributed by atoms with Crippen molar-refractivity contribution >= 4 is 5.76 Å². The maximum absolute atomic E-state index is 9.18. The van der Waals surface area contributed by atoms with Crippen molar-refractivity contribution in [3.63, 3.8) is 0 Å². The molecule has 0 atom stereocenters. The molecular formula is C8H7NO. The maximum atomic E-state index is 9.18. The molecule has 1 N–H and O–H groups in total. The summed E-state index contributed by atoms with van der Waals surface area (Å²) >= 11 is 0. The fraction of sp³-hybridized carbons (Fsp3) is 0.125. The lowest BCUT2D eigenvalue weighted by Gasteiger charge is -1.95. The van der Waals surface area contributed by atoms with E-state index < -0.39 is 0 Å². The molecule has 1 aliphatic carbocycles. The number of aliphatic hydroxyl groups is 1. The van der Waals surface area contributed by atoms with Crippen LogP contribution in [0, 0.1) is 0 Å². The number of hydrogen-bond donors (Lipinski definition) is 1. The lowest BCUT2D eigenvalue weighted by atomic mass is 10.2. The summed E-state index contributed by atoms with van der Waals surface area (Å²) < 4.78 is 0. The van der Waals surface area contributed by atoms with Crippen molar-refractivity contribution < 1.29 is 5.11 Å². The van der Waals surface area contributed by atoms with Crippen LogP contribution in [-0.2, 0) is 6.42 Å². The van der Waals surface area contributed by atoms with Crippen molar-refractivity contribution in [1.29, 1.82) is 0 Å². The second-order valence-corrected chi connectivity index (χ2v) is 2.30. The van der Waals surface area contributed by atoms with Crippen molar-refractivity contribution in [3.8, 4) is 0 Å². The van der Waals surface area contributed by atoms with Gasteiger partial charge in [-0.25, -0.2) is 0 Å². The Morgan fingerprint density at radius 2 is 2.40 bits per heavy atom. The minimum Gasteiger partial charge on any atom is -0.506 e. The molecule has 0 amide bonds. The topological polar surface area (TPSA) is 33.1 Å². The van der Waals surface area contributed by atoms with Crippen LogP contribution in [0.15, 0.2) is 24.4 Å². The molecule has 1 aromatic heterocycles. The molecule has 0 spiro atoms. The van der Waals surface area contributed by atoms with E-state index in [1.165, 1.54) is 0 Å². The van der Waals surface area contributed by atoms with Crippen LogP contribution in [0.3, 0.4) is 0 Å². The smallest absolute Gasteiger partial charge is 0.137 e. The van der Waals surface area contributed by atoms with Crippen molar-refractivity contribution in [2.24, 2.45) is 0 Å². The summed E-state index contributed by atoms with van der Waals surface area (Å²) in [5.41, 5.74) is 1.85. The summed E-state index contributed by atoms with van der Waals surface area (Å²) in [6.07, 6.45) is 4.28. The Bertz CT molecular complexity index is 291. The molecule has 1 aliphatic rings. The second-order valence-electron chi connectivity index (χ2n) is 2.30. The summed E-state index contributed by atoms with van der Waals surface area (Å²) in [6.45, 7) is 0. The summed E-state index contributed by atoms with van der Waals surface area (Å²) in [5.74, 6) is 0.315. The number of fused-ring (bicyclic) bond motifs is 1. The molecule has 1 heterocycles. The highest BCUT2D eigenvalue weighted by molar-refractivity contribution is 5.63. The van der Waals surface area contributed by atoms with Gasteiger partial charge in [-0.2, -0.15) is 0 Å². The van der Waals surface area contributed by atoms with Gasteiger partial charge in [-0.1, -0.05) is 6.07 Å². The van der Waals surface area contributed by atoms with Gasteiger partial charge in [0.2, 0.25) is 0 Å². The lowest BCUT2D eigenvalue weighted by molar-refractivity contribution is 0.510. The van der Waals surface area contributed by atoms with Gasteiger partial charge in [0, 0.05) is 6.20 Å². The lowest BCUT2D eigenvalue weighted by Crippen LogP contribution is -1.86. The van der Waals surface area contributed by atoms with Crippen LogP contribution in [0.4, 0.5) is 0 Å². The number of aliphatic hydroxyl groups excluding tert-OH is 1. The number of nitrogens with zero attached hydrogens (tertiary/aromatic N) is 1. The third kappa shape index (κ3) is 0.620. The van der Waals surface area contributed by atoms with E-state index in [0.717, 1.165) is 17.7 Å². The molecule has 2 heteroatoms. The molecule has 10 heavy (non-hydrogen) atoms. The number of allylic oxidation sites excluding steroid dienone is 1. The Morgan fingerprint density at radius 3 is 3.20 bits per heavy atom. The third-order valence-electron chi connectivity index (χ3n) is 1.65. The molecule has 2 rings (SSSR count).